The molecule has 5 nitrogen and oxygen atoms in total. The van der Waals surface area contributed by atoms with Crippen LogP contribution < -0.4 is 0 Å². The number of hydrogen-bond donors (Lipinski definition) is 2. The van der Waals surface area contributed by atoms with Crippen molar-refractivity contribution < 1.29 is 22.9 Å². The van der Waals surface area contributed by atoms with Gasteiger partial charge in [-0.1, -0.05) is 6.92 Å². The lowest BCUT2D eigenvalue weighted by Gasteiger charge is -1.79. The number of hydrogen-bond acceptors (Lipinski definition) is 3. The molecular formula is C5H12O5S. The molecule has 0 aliphatic heterocycles. The summed E-state index contributed by atoms with van der Waals surface area (Å²) >= 11 is 0. The molecule has 0 aliphatic carbocycles. The predicted octanol–water partition coefficient (Wildman–Crippen LogP) is 0.375. The molecule has 0 saturated carbocycles. The van der Waals surface area contributed by atoms with Crippen molar-refractivity contribution in [3.05, 3.63) is 0 Å². The average Bonchev–Trinajstić information content (AvgIpc) is 1.58. The van der Waals surface area contributed by atoms with E-state index in [-0.39, 0.29) is 0 Å². The van der Waals surface area contributed by atoms with Crippen LogP contribution in [0.2, 0.25) is 0 Å². The number of aliphatic carboxylic acids is 1. The molecule has 0 spiro atoms. The van der Waals surface area contributed by atoms with Crippen molar-refractivity contribution >= 4 is 16.1 Å². The molecule has 0 amide bonds. The average molecular weight is 184 g/mol. The molecule has 0 rings (SSSR count). The topological polar surface area (TPSA) is 91.7 Å². The van der Waals surface area contributed by atoms with E-state index in [0.717, 1.165) is 6.42 Å². The molecule has 0 unspecified atom stereocenters. The summed E-state index contributed by atoms with van der Waals surface area (Å²) in [5.74, 6) is -0.711. The molecule has 0 bridgehead atoms. The smallest absolute Gasteiger partial charge is 0.303 e. The standard InChI is InChI=1S/C4H8O2.CH4O3S/c1-2-3-4(5)6;1-5(2,3)4/h2-3H2,1H3,(H,5,6);1H3,(H,2,3,4). The van der Waals surface area contributed by atoms with E-state index < -0.39 is 16.1 Å². The van der Waals surface area contributed by atoms with Crippen molar-refractivity contribution in [2.75, 3.05) is 6.26 Å². The first-order valence-electron chi connectivity index (χ1n) is 2.91. The first-order valence-corrected chi connectivity index (χ1v) is 4.76. The molecule has 2 N–H and O–H groups in total. The first kappa shape index (κ1) is 13.0. The van der Waals surface area contributed by atoms with Crippen LogP contribution in [0.1, 0.15) is 19.8 Å². The highest BCUT2D eigenvalue weighted by Crippen LogP contribution is 1.82. The van der Waals surface area contributed by atoms with Crippen molar-refractivity contribution in [1.29, 1.82) is 0 Å². The number of carboxylic acids is 1. The van der Waals surface area contributed by atoms with Crippen LogP contribution in [-0.4, -0.2) is 30.3 Å². The van der Waals surface area contributed by atoms with Crippen molar-refractivity contribution in [2.24, 2.45) is 0 Å². The summed E-state index contributed by atoms with van der Waals surface area (Å²) < 4.78 is 25.9. The van der Waals surface area contributed by atoms with Gasteiger partial charge in [-0.3, -0.25) is 9.35 Å². The van der Waals surface area contributed by atoms with E-state index in [9.17, 15) is 13.2 Å². The normalized spacial score (nSPS) is 9.73. The van der Waals surface area contributed by atoms with Gasteiger partial charge in [0.05, 0.1) is 6.26 Å². The van der Waals surface area contributed by atoms with Crippen molar-refractivity contribution in [2.45, 2.75) is 19.8 Å². The van der Waals surface area contributed by atoms with Crippen LogP contribution in [0.5, 0.6) is 0 Å². The second kappa shape index (κ2) is 6.11. The summed E-state index contributed by atoms with van der Waals surface area (Å²) in [7, 11) is -3.67. The summed E-state index contributed by atoms with van der Waals surface area (Å²) in [5.41, 5.74) is 0. The molecule has 68 valence electrons. The van der Waals surface area contributed by atoms with Crippen LogP contribution in [0.25, 0.3) is 0 Å². The SMILES string of the molecule is CCCC(=O)O.CS(=O)(=O)O. The lowest BCUT2D eigenvalue weighted by molar-refractivity contribution is -0.137. The largest absolute Gasteiger partial charge is 0.481 e. The zero-order chi connectivity index (χ0) is 9.49. The molecule has 0 aliphatic rings. The third kappa shape index (κ3) is 90.2. The maximum absolute atomic E-state index is 9.60. The van der Waals surface area contributed by atoms with Crippen LogP contribution in [0.15, 0.2) is 0 Å². The molecular weight excluding hydrogens is 172 g/mol. The lowest BCUT2D eigenvalue weighted by Crippen LogP contribution is -1.90. The van der Waals surface area contributed by atoms with E-state index in [2.05, 4.69) is 0 Å². The van der Waals surface area contributed by atoms with E-state index in [4.69, 9.17) is 9.66 Å². The van der Waals surface area contributed by atoms with Crippen LogP contribution in [0.3, 0.4) is 0 Å². The predicted molar refractivity (Wildman–Crippen MR) is 40.0 cm³/mol. The van der Waals surface area contributed by atoms with Gasteiger partial charge in [0.2, 0.25) is 0 Å². The molecule has 0 atom stereocenters. The van der Waals surface area contributed by atoms with Gasteiger partial charge in [0, 0.05) is 6.42 Å². The van der Waals surface area contributed by atoms with E-state index in [1.54, 1.807) is 0 Å². The Kier molecular flexibility index (Phi) is 7.23. The van der Waals surface area contributed by atoms with E-state index >= 15 is 0 Å². The van der Waals surface area contributed by atoms with Crippen molar-refractivity contribution in [3.63, 3.8) is 0 Å². The summed E-state index contributed by atoms with van der Waals surface area (Å²) in [4.78, 5) is 9.60. The van der Waals surface area contributed by atoms with Crippen LogP contribution >= 0.6 is 0 Å². The van der Waals surface area contributed by atoms with Gasteiger partial charge >= 0.3 is 5.97 Å². The fraction of sp³-hybridized carbons (Fsp3) is 0.800. The highest BCUT2D eigenvalue weighted by Gasteiger charge is 1.87. The van der Waals surface area contributed by atoms with Gasteiger partial charge in [-0.2, -0.15) is 8.42 Å². The number of carboxylic acid groups (broad SMARTS) is 1. The summed E-state index contributed by atoms with van der Waals surface area (Å²) in [6.45, 7) is 1.84. The molecule has 0 radical (unpaired) electrons. The molecule has 0 saturated heterocycles. The van der Waals surface area contributed by atoms with E-state index in [1.807, 2.05) is 6.92 Å². The molecule has 11 heavy (non-hydrogen) atoms. The lowest BCUT2D eigenvalue weighted by atomic mass is 10.4. The maximum Gasteiger partial charge on any atom is 0.303 e. The number of rotatable bonds is 2. The quantitative estimate of drug-likeness (QED) is 0.605. The van der Waals surface area contributed by atoms with Gasteiger partial charge in [-0.15, -0.1) is 0 Å². The zero-order valence-corrected chi connectivity index (χ0v) is 7.26. The Morgan fingerprint density at radius 1 is 1.45 bits per heavy atom. The Labute approximate surface area is 65.8 Å². The second-order valence-electron chi connectivity index (χ2n) is 1.88. The Bertz CT molecular complexity index is 185. The van der Waals surface area contributed by atoms with Crippen LogP contribution in [0.4, 0.5) is 0 Å². The monoisotopic (exact) mass is 184 g/mol. The minimum absolute atomic E-state index is 0.292. The highest BCUT2D eigenvalue weighted by molar-refractivity contribution is 7.85. The fourth-order valence-corrected chi connectivity index (χ4v) is 0.214. The van der Waals surface area contributed by atoms with Gasteiger partial charge in [-0.25, -0.2) is 0 Å². The van der Waals surface area contributed by atoms with Crippen LogP contribution in [-0.2, 0) is 14.9 Å². The second-order valence-corrected chi connectivity index (χ2v) is 3.34. The zero-order valence-electron chi connectivity index (χ0n) is 6.44. The third-order valence-electron chi connectivity index (χ3n) is 0.464. The Balaban J connectivity index is 0. The third-order valence-corrected chi connectivity index (χ3v) is 0.464. The van der Waals surface area contributed by atoms with Crippen LogP contribution in [0, 0.1) is 0 Å². The Morgan fingerprint density at radius 3 is 1.73 bits per heavy atom. The Morgan fingerprint density at radius 2 is 1.73 bits per heavy atom. The minimum atomic E-state index is -3.67. The number of carbonyl (C=O) groups is 1. The fourth-order valence-electron chi connectivity index (χ4n) is 0.214. The minimum Gasteiger partial charge on any atom is -0.481 e. The Hall–Kier alpha value is -0.620. The van der Waals surface area contributed by atoms with E-state index in [0.29, 0.717) is 12.7 Å². The van der Waals surface area contributed by atoms with Gasteiger partial charge in [0.1, 0.15) is 0 Å². The van der Waals surface area contributed by atoms with Gasteiger partial charge in [-0.05, 0) is 6.42 Å². The first-order chi connectivity index (χ1) is 4.77. The van der Waals surface area contributed by atoms with Gasteiger partial charge in [0.25, 0.3) is 10.1 Å². The molecule has 0 fully saturated rings. The highest BCUT2D eigenvalue weighted by atomic mass is 32.2. The van der Waals surface area contributed by atoms with Gasteiger partial charge < -0.3 is 5.11 Å². The summed E-state index contributed by atoms with van der Waals surface area (Å²) in [6, 6.07) is 0. The molecule has 6 heteroatoms. The van der Waals surface area contributed by atoms with Crippen molar-refractivity contribution in [1.82, 2.24) is 0 Å². The summed E-state index contributed by atoms with van der Waals surface area (Å²) in [5, 5.41) is 7.91. The summed E-state index contributed by atoms with van der Waals surface area (Å²) in [6.07, 6.45) is 1.74. The molecule has 0 aromatic carbocycles. The molecule has 0 heterocycles. The van der Waals surface area contributed by atoms with E-state index in [1.165, 1.54) is 0 Å². The maximum atomic E-state index is 9.60. The molecule has 0 aromatic rings. The van der Waals surface area contributed by atoms with Gasteiger partial charge in [0.15, 0.2) is 0 Å². The molecule has 0 aromatic heterocycles. The van der Waals surface area contributed by atoms with Crippen molar-refractivity contribution in [3.8, 4) is 0 Å².